The molecule has 0 aromatic rings. The second-order valence-electron chi connectivity index (χ2n) is 8.79. The highest BCUT2D eigenvalue weighted by Gasteiger charge is 2.68. The number of Topliss-reactive ketones (excluding diaryl/α,β-unsaturated/α-hetero) is 1. The predicted molar refractivity (Wildman–Crippen MR) is 84.1 cm³/mol. The standard InChI is InChI=1S/C20H24O2/c1-19-7-5-12(21)9-11(19)3-4-13-16(19)6-8-20(2)17(13)14-10-15(14)18(20)22/h6,9,13-15,17H,3-5,7-8,10H2,1-2H3/t13?,14-,15?,17?,19+,20+/m1/s1. The zero-order valence-electron chi connectivity index (χ0n) is 13.5. The van der Waals surface area contributed by atoms with Crippen molar-refractivity contribution < 1.29 is 9.59 Å². The van der Waals surface area contributed by atoms with Gasteiger partial charge in [0.25, 0.3) is 0 Å². The van der Waals surface area contributed by atoms with E-state index in [9.17, 15) is 9.59 Å². The largest absolute Gasteiger partial charge is 0.299 e. The first kappa shape index (κ1) is 13.3. The molecule has 2 heteroatoms. The van der Waals surface area contributed by atoms with Crippen molar-refractivity contribution in [1.29, 1.82) is 0 Å². The molecule has 0 bridgehead atoms. The summed E-state index contributed by atoms with van der Waals surface area (Å²) in [4.78, 5) is 24.5. The fraction of sp³-hybridized carbons (Fsp3) is 0.700. The molecule has 0 N–H and O–H groups in total. The van der Waals surface area contributed by atoms with E-state index in [-0.39, 0.29) is 10.8 Å². The highest BCUT2D eigenvalue weighted by molar-refractivity contribution is 5.94. The highest BCUT2D eigenvalue weighted by atomic mass is 16.1. The van der Waals surface area contributed by atoms with Crippen molar-refractivity contribution in [3.05, 3.63) is 23.3 Å². The normalized spacial score (nSPS) is 52.1. The molecule has 2 nitrogen and oxygen atoms in total. The monoisotopic (exact) mass is 296 g/mol. The second-order valence-corrected chi connectivity index (χ2v) is 8.79. The second kappa shape index (κ2) is 3.83. The molecule has 3 fully saturated rings. The van der Waals surface area contributed by atoms with E-state index in [4.69, 9.17) is 0 Å². The topological polar surface area (TPSA) is 34.1 Å². The first-order chi connectivity index (χ1) is 10.4. The fourth-order valence-electron chi connectivity index (χ4n) is 6.54. The summed E-state index contributed by atoms with van der Waals surface area (Å²) in [7, 11) is 0. The van der Waals surface area contributed by atoms with Crippen LogP contribution in [0.25, 0.3) is 0 Å². The molecule has 5 aliphatic carbocycles. The molecule has 6 atom stereocenters. The van der Waals surface area contributed by atoms with Crippen LogP contribution in [0.5, 0.6) is 0 Å². The maximum atomic E-state index is 12.7. The molecule has 0 aromatic carbocycles. The van der Waals surface area contributed by atoms with Crippen molar-refractivity contribution >= 4 is 11.6 Å². The minimum Gasteiger partial charge on any atom is -0.299 e. The lowest BCUT2D eigenvalue weighted by Crippen LogP contribution is -2.46. The SMILES string of the molecule is C[C@]12CCC(=O)C=C1CCC1C2=CC[C@]2(C)C(=O)C3C[C@H]3C12. The van der Waals surface area contributed by atoms with Gasteiger partial charge in [-0.2, -0.15) is 0 Å². The minimum absolute atomic E-state index is 0.0795. The molecule has 22 heavy (non-hydrogen) atoms. The summed E-state index contributed by atoms with van der Waals surface area (Å²) in [6.07, 6.45) is 10.3. The number of carbonyl (C=O) groups excluding carboxylic acids is 2. The number of rotatable bonds is 0. The van der Waals surface area contributed by atoms with Gasteiger partial charge in [0.2, 0.25) is 0 Å². The molecule has 3 unspecified atom stereocenters. The van der Waals surface area contributed by atoms with Crippen LogP contribution in [0, 0.1) is 34.5 Å². The average molecular weight is 296 g/mol. The van der Waals surface area contributed by atoms with Crippen molar-refractivity contribution in [2.24, 2.45) is 34.5 Å². The molecule has 5 rings (SSSR count). The number of allylic oxidation sites excluding steroid dienone is 4. The van der Waals surface area contributed by atoms with E-state index in [1.54, 1.807) is 5.57 Å². The van der Waals surface area contributed by atoms with Crippen LogP contribution in [0.4, 0.5) is 0 Å². The van der Waals surface area contributed by atoms with Gasteiger partial charge in [0, 0.05) is 23.2 Å². The summed E-state index contributed by atoms with van der Waals surface area (Å²) >= 11 is 0. The van der Waals surface area contributed by atoms with Crippen LogP contribution in [0.15, 0.2) is 23.3 Å². The Bertz CT molecular complexity index is 669. The number of hydrogen-bond donors (Lipinski definition) is 0. The summed E-state index contributed by atoms with van der Waals surface area (Å²) in [5.74, 6) is 3.11. The van der Waals surface area contributed by atoms with Crippen molar-refractivity contribution in [2.75, 3.05) is 0 Å². The molecule has 0 aromatic heterocycles. The molecule has 0 saturated heterocycles. The molecule has 0 spiro atoms. The average Bonchev–Trinajstić information content (AvgIpc) is 3.22. The number of carbonyl (C=O) groups is 2. The first-order valence-corrected chi connectivity index (χ1v) is 8.94. The Hall–Kier alpha value is -1.18. The van der Waals surface area contributed by atoms with E-state index in [0.29, 0.717) is 41.7 Å². The van der Waals surface area contributed by atoms with Gasteiger partial charge in [0.05, 0.1) is 0 Å². The Morgan fingerprint density at radius 3 is 2.77 bits per heavy atom. The Kier molecular flexibility index (Phi) is 2.31. The summed E-state index contributed by atoms with van der Waals surface area (Å²) in [5, 5.41) is 0. The Labute approximate surface area is 132 Å². The third-order valence-electron chi connectivity index (χ3n) is 7.79. The summed E-state index contributed by atoms with van der Waals surface area (Å²) < 4.78 is 0. The summed E-state index contributed by atoms with van der Waals surface area (Å²) in [5.41, 5.74) is 2.98. The van der Waals surface area contributed by atoms with Gasteiger partial charge < -0.3 is 0 Å². The van der Waals surface area contributed by atoms with Crippen molar-refractivity contribution in [3.63, 3.8) is 0 Å². The molecule has 0 aliphatic heterocycles. The molecular formula is C20H24O2. The minimum atomic E-state index is -0.0795. The third-order valence-corrected chi connectivity index (χ3v) is 7.79. The van der Waals surface area contributed by atoms with E-state index < -0.39 is 0 Å². The lowest BCUT2D eigenvalue weighted by molar-refractivity contribution is -0.130. The van der Waals surface area contributed by atoms with E-state index in [2.05, 4.69) is 19.9 Å². The molecule has 3 saturated carbocycles. The maximum Gasteiger partial charge on any atom is 0.155 e. The summed E-state index contributed by atoms with van der Waals surface area (Å²) in [6.45, 7) is 4.59. The van der Waals surface area contributed by atoms with Crippen LogP contribution in [-0.4, -0.2) is 11.6 Å². The van der Waals surface area contributed by atoms with E-state index >= 15 is 0 Å². The van der Waals surface area contributed by atoms with Gasteiger partial charge in [0.15, 0.2) is 5.78 Å². The van der Waals surface area contributed by atoms with Gasteiger partial charge in [-0.25, -0.2) is 0 Å². The zero-order chi connectivity index (χ0) is 15.3. The van der Waals surface area contributed by atoms with E-state index in [0.717, 1.165) is 32.1 Å². The van der Waals surface area contributed by atoms with Crippen LogP contribution in [0.2, 0.25) is 0 Å². The Morgan fingerprint density at radius 1 is 1.14 bits per heavy atom. The molecule has 0 amide bonds. The highest BCUT2D eigenvalue weighted by Crippen LogP contribution is 2.70. The van der Waals surface area contributed by atoms with Gasteiger partial charge in [-0.3, -0.25) is 9.59 Å². The lowest BCUT2D eigenvalue weighted by atomic mass is 9.51. The van der Waals surface area contributed by atoms with E-state index in [1.807, 2.05) is 6.08 Å². The zero-order valence-corrected chi connectivity index (χ0v) is 13.5. The first-order valence-electron chi connectivity index (χ1n) is 8.94. The quantitative estimate of drug-likeness (QED) is 0.636. The van der Waals surface area contributed by atoms with Crippen molar-refractivity contribution in [2.45, 2.75) is 52.4 Å². The molecule has 0 heterocycles. The van der Waals surface area contributed by atoms with Gasteiger partial charge in [-0.15, -0.1) is 0 Å². The predicted octanol–water partition coefficient (Wildman–Crippen LogP) is 3.86. The van der Waals surface area contributed by atoms with Gasteiger partial charge in [0.1, 0.15) is 5.78 Å². The molecule has 5 aliphatic rings. The van der Waals surface area contributed by atoms with Gasteiger partial charge in [-0.05, 0) is 55.9 Å². The smallest absolute Gasteiger partial charge is 0.155 e. The van der Waals surface area contributed by atoms with Crippen LogP contribution in [-0.2, 0) is 9.59 Å². The van der Waals surface area contributed by atoms with Crippen LogP contribution in [0.3, 0.4) is 0 Å². The molecular weight excluding hydrogens is 272 g/mol. The number of ketones is 2. The third kappa shape index (κ3) is 1.38. The molecule has 116 valence electrons. The van der Waals surface area contributed by atoms with Crippen LogP contribution in [0.1, 0.15) is 52.4 Å². The lowest BCUT2D eigenvalue weighted by Gasteiger charge is -2.52. The van der Waals surface area contributed by atoms with E-state index in [1.165, 1.54) is 5.57 Å². The Balaban J connectivity index is 1.61. The van der Waals surface area contributed by atoms with Crippen LogP contribution < -0.4 is 0 Å². The van der Waals surface area contributed by atoms with Gasteiger partial charge in [-0.1, -0.05) is 31.1 Å². The Morgan fingerprint density at radius 2 is 1.95 bits per heavy atom. The van der Waals surface area contributed by atoms with Gasteiger partial charge >= 0.3 is 0 Å². The van der Waals surface area contributed by atoms with Crippen molar-refractivity contribution in [1.82, 2.24) is 0 Å². The molecule has 0 radical (unpaired) electrons. The maximum absolute atomic E-state index is 12.7. The number of hydrogen-bond acceptors (Lipinski definition) is 2. The number of fused-ring (bicyclic) bond motifs is 7. The summed E-state index contributed by atoms with van der Waals surface area (Å²) in [6, 6.07) is 0. The fourth-order valence-corrected chi connectivity index (χ4v) is 6.54. The van der Waals surface area contributed by atoms with Crippen LogP contribution >= 0.6 is 0 Å². The van der Waals surface area contributed by atoms with Crippen molar-refractivity contribution in [3.8, 4) is 0 Å².